The van der Waals surface area contributed by atoms with E-state index in [9.17, 15) is 9.18 Å². The molecule has 3 aromatic rings. The first-order chi connectivity index (χ1) is 10.7. The van der Waals surface area contributed by atoms with E-state index in [4.69, 9.17) is 0 Å². The van der Waals surface area contributed by atoms with E-state index in [-0.39, 0.29) is 11.2 Å². The summed E-state index contributed by atoms with van der Waals surface area (Å²) < 4.78 is 15.3. The summed E-state index contributed by atoms with van der Waals surface area (Å²) in [6, 6.07) is 15.6. The van der Waals surface area contributed by atoms with E-state index in [0.717, 1.165) is 41.5 Å². The second-order valence-corrected chi connectivity index (χ2v) is 5.42. The highest BCUT2D eigenvalue weighted by Crippen LogP contribution is 2.23. The van der Waals surface area contributed by atoms with Gasteiger partial charge in [0.25, 0.3) is 0 Å². The molecule has 22 heavy (non-hydrogen) atoms. The maximum atomic E-state index is 13.2. The third-order valence-corrected chi connectivity index (χ3v) is 3.89. The van der Waals surface area contributed by atoms with Crippen molar-refractivity contribution in [2.45, 2.75) is 26.3 Å². The number of para-hydroxylation sites is 1. The maximum absolute atomic E-state index is 13.2. The van der Waals surface area contributed by atoms with Gasteiger partial charge in [-0.1, -0.05) is 25.5 Å². The highest BCUT2D eigenvalue weighted by Gasteiger charge is 2.10. The molecule has 0 bridgehead atoms. The van der Waals surface area contributed by atoms with E-state index in [1.165, 1.54) is 12.1 Å². The Labute approximate surface area is 128 Å². The van der Waals surface area contributed by atoms with Crippen LogP contribution < -0.4 is 5.43 Å². The van der Waals surface area contributed by atoms with E-state index in [0.29, 0.717) is 0 Å². The molecule has 0 saturated carbocycles. The van der Waals surface area contributed by atoms with Crippen LogP contribution in [0.3, 0.4) is 0 Å². The Balaban J connectivity index is 2.28. The lowest BCUT2D eigenvalue weighted by atomic mass is 10.1. The zero-order chi connectivity index (χ0) is 15.5. The molecule has 0 fully saturated rings. The topological polar surface area (TPSA) is 22.0 Å². The number of rotatable bonds is 4. The van der Waals surface area contributed by atoms with Crippen molar-refractivity contribution in [2.75, 3.05) is 0 Å². The summed E-state index contributed by atoms with van der Waals surface area (Å²) >= 11 is 0. The van der Waals surface area contributed by atoms with E-state index in [1.807, 2.05) is 24.3 Å². The number of aryl methyl sites for hydroxylation is 1. The van der Waals surface area contributed by atoms with Crippen molar-refractivity contribution >= 4 is 10.9 Å². The molecule has 0 aliphatic carbocycles. The predicted molar refractivity (Wildman–Crippen MR) is 88.5 cm³/mol. The molecule has 2 nitrogen and oxygen atoms in total. The fourth-order valence-corrected chi connectivity index (χ4v) is 2.74. The van der Waals surface area contributed by atoms with Gasteiger partial charge in [0.1, 0.15) is 5.82 Å². The van der Waals surface area contributed by atoms with Gasteiger partial charge in [0, 0.05) is 18.0 Å². The van der Waals surface area contributed by atoms with Crippen LogP contribution in [0.4, 0.5) is 4.39 Å². The highest BCUT2D eigenvalue weighted by atomic mass is 19.1. The molecule has 1 aromatic heterocycles. The van der Waals surface area contributed by atoms with Crippen molar-refractivity contribution in [3.05, 3.63) is 70.6 Å². The van der Waals surface area contributed by atoms with Gasteiger partial charge in [-0.15, -0.1) is 0 Å². The van der Waals surface area contributed by atoms with Crippen LogP contribution in [0.15, 0.2) is 59.4 Å². The molecule has 2 aromatic carbocycles. The minimum atomic E-state index is -0.271. The molecular formula is C19H18FNO. The van der Waals surface area contributed by atoms with Crippen molar-refractivity contribution in [3.63, 3.8) is 0 Å². The standard InChI is InChI=1S/C19H18FNO/c1-2-3-12-21-17-7-5-4-6-16(17)19(22)13-18(21)14-8-10-15(20)11-9-14/h4-11,13H,2-3,12H2,1H3. The Bertz CT molecular complexity index is 849. The Morgan fingerprint density at radius 3 is 2.50 bits per heavy atom. The molecule has 3 heteroatoms. The number of unbranched alkanes of at least 4 members (excludes halogenated alkanes) is 1. The summed E-state index contributed by atoms with van der Waals surface area (Å²) in [7, 11) is 0. The number of hydrogen-bond acceptors (Lipinski definition) is 1. The molecule has 0 N–H and O–H groups in total. The minimum Gasteiger partial charge on any atom is -0.340 e. The summed E-state index contributed by atoms with van der Waals surface area (Å²) in [6.07, 6.45) is 2.10. The normalized spacial score (nSPS) is 11.0. The van der Waals surface area contributed by atoms with Crippen LogP contribution in [0.25, 0.3) is 22.2 Å². The van der Waals surface area contributed by atoms with Crippen LogP contribution in [0.1, 0.15) is 19.8 Å². The van der Waals surface area contributed by atoms with Gasteiger partial charge < -0.3 is 4.57 Å². The van der Waals surface area contributed by atoms with Gasteiger partial charge in [-0.25, -0.2) is 4.39 Å². The van der Waals surface area contributed by atoms with Gasteiger partial charge in [0.15, 0.2) is 5.43 Å². The summed E-state index contributed by atoms with van der Waals surface area (Å²) in [4.78, 5) is 12.4. The molecule has 0 amide bonds. The monoisotopic (exact) mass is 295 g/mol. The van der Waals surface area contributed by atoms with Crippen molar-refractivity contribution in [1.29, 1.82) is 0 Å². The lowest BCUT2D eigenvalue weighted by Crippen LogP contribution is -2.12. The molecule has 112 valence electrons. The maximum Gasteiger partial charge on any atom is 0.190 e. The van der Waals surface area contributed by atoms with Crippen molar-refractivity contribution in [3.8, 4) is 11.3 Å². The van der Waals surface area contributed by atoms with E-state index in [2.05, 4.69) is 11.5 Å². The molecule has 3 rings (SSSR count). The smallest absolute Gasteiger partial charge is 0.190 e. The average molecular weight is 295 g/mol. The van der Waals surface area contributed by atoms with Gasteiger partial charge in [0.2, 0.25) is 0 Å². The summed E-state index contributed by atoms with van der Waals surface area (Å²) in [6.45, 7) is 2.98. The fourth-order valence-electron chi connectivity index (χ4n) is 2.74. The third-order valence-electron chi connectivity index (χ3n) is 3.89. The number of hydrogen-bond donors (Lipinski definition) is 0. The van der Waals surface area contributed by atoms with E-state index >= 15 is 0 Å². The van der Waals surface area contributed by atoms with Gasteiger partial charge in [0.05, 0.1) is 11.2 Å². The fraction of sp³-hybridized carbons (Fsp3) is 0.211. The predicted octanol–water partition coefficient (Wildman–Crippen LogP) is 4.61. The quantitative estimate of drug-likeness (QED) is 0.689. The summed E-state index contributed by atoms with van der Waals surface area (Å²) in [5.74, 6) is -0.271. The minimum absolute atomic E-state index is 0.00248. The Hall–Kier alpha value is -2.42. The van der Waals surface area contributed by atoms with Gasteiger partial charge in [-0.05, 0) is 48.4 Å². The summed E-state index contributed by atoms with van der Waals surface area (Å²) in [5.41, 5.74) is 2.64. The zero-order valence-corrected chi connectivity index (χ0v) is 12.6. The third kappa shape index (κ3) is 2.67. The second kappa shape index (κ2) is 6.14. The lowest BCUT2D eigenvalue weighted by Gasteiger charge is -2.17. The number of pyridine rings is 1. The second-order valence-electron chi connectivity index (χ2n) is 5.42. The van der Waals surface area contributed by atoms with Gasteiger partial charge >= 0.3 is 0 Å². The number of benzene rings is 2. The Morgan fingerprint density at radius 1 is 1.05 bits per heavy atom. The van der Waals surface area contributed by atoms with Crippen LogP contribution in [-0.4, -0.2) is 4.57 Å². The molecule has 0 aliphatic rings. The summed E-state index contributed by atoms with van der Waals surface area (Å²) in [5, 5.41) is 0.726. The molecule has 1 heterocycles. The number of halogens is 1. The van der Waals surface area contributed by atoms with Crippen LogP contribution in [-0.2, 0) is 6.54 Å². The molecule has 0 atom stereocenters. The average Bonchev–Trinajstić information content (AvgIpc) is 2.55. The molecule has 0 radical (unpaired) electrons. The van der Waals surface area contributed by atoms with Crippen LogP contribution in [0.5, 0.6) is 0 Å². The highest BCUT2D eigenvalue weighted by molar-refractivity contribution is 5.82. The first-order valence-corrected chi connectivity index (χ1v) is 7.59. The van der Waals surface area contributed by atoms with Crippen molar-refractivity contribution < 1.29 is 4.39 Å². The van der Waals surface area contributed by atoms with Gasteiger partial charge in [-0.2, -0.15) is 0 Å². The molecule has 0 saturated heterocycles. The molecule has 0 spiro atoms. The number of nitrogens with zero attached hydrogens (tertiary/aromatic N) is 1. The molecule has 0 unspecified atom stereocenters. The van der Waals surface area contributed by atoms with E-state index < -0.39 is 0 Å². The lowest BCUT2D eigenvalue weighted by molar-refractivity contribution is 0.627. The number of fused-ring (bicyclic) bond motifs is 1. The van der Waals surface area contributed by atoms with Crippen LogP contribution >= 0.6 is 0 Å². The Morgan fingerprint density at radius 2 is 1.77 bits per heavy atom. The van der Waals surface area contributed by atoms with Crippen LogP contribution in [0.2, 0.25) is 0 Å². The molecule has 0 aliphatic heterocycles. The van der Waals surface area contributed by atoms with E-state index in [1.54, 1.807) is 18.2 Å². The Kier molecular flexibility index (Phi) is 4.05. The zero-order valence-electron chi connectivity index (χ0n) is 12.6. The molecular weight excluding hydrogens is 277 g/mol. The SMILES string of the molecule is CCCCn1c(-c2ccc(F)cc2)cc(=O)c2ccccc21. The largest absolute Gasteiger partial charge is 0.340 e. The first-order valence-electron chi connectivity index (χ1n) is 7.59. The van der Waals surface area contributed by atoms with Gasteiger partial charge in [-0.3, -0.25) is 4.79 Å². The first kappa shape index (κ1) is 14.5. The van der Waals surface area contributed by atoms with Crippen molar-refractivity contribution in [1.82, 2.24) is 4.57 Å². The number of aromatic nitrogens is 1. The van der Waals surface area contributed by atoms with Crippen molar-refractivity contribution in [2.24, 2.45) is 0 Å². The van der Waals surface area contributed by atoms with Crippen LogP contribution in [0, 0.1) is 5.82 Å².